The summed E-state index contributed by atoms with van der Waals surface area (Å²) in [6, 6.07) is 7.62. The number of aryl methyl sites for hydroxylation is 1. The standard InChI is InChI=1S/C19H29N3/c1-2-8-16(9-3-1)22-13-12-20-19(14-22)21-18-11-5-7-15-6-4-10-17(15)18/h5,7,11,16,19-21H,1-4,6,8-10,12-14H2. The summed E-state index contributed by atoms with van der Waals surface area (Å²) in [6.07, 6.45) is 11.4. The highest BCUT2D eigenvalue weighted by atomic mass is 15.3. The first-order valence-electron chi connectivity index (χ1n) is 9.25. The fourth-order valence-corrected chi connectivity index (χ4v) is 4.59. The van der Waals surface area contributed by atoms with Gasteiger partial charge < -0.3 is 5.32 Å². The van der Waals surface area contributed by atoms with Crippen LogP contribution in [0.25, 0.3) is 0 Å². The van der Waals surface area contributed by atoms with Crippen molar-refractivity contribution in [3.63, 3.8) is 0 Å². The molecule has 1 saturated heterocycles. The molecule has 3 aliphatic rings. The van der Waals surface area contributed by atoms with Crippen molar-refractivity contribution in [3.05, 3.63) is 29.3 Å². The zero-order valence-corrected chi connectivity index (χ0v) is 13.6. The van der Waals surface area contributed by atoms with Crippen molar-refractivity contribution in [1.29, 1.82) is 0 Å². The van der Waals surface area contributed by atoms with Crippen molar-refractivity contribution in [1.82, 2.24) is 10.2 Å². The van der Waals surface area contributed by atoms with Crippen molar-refractivity contribution >= 4 is 5.69 Å². The second kappa shape index (κ2) is 6.59. The quantitative estimate of drug-likeness (QED) is 0.898. The first kappa shape index (κ1) is 14.5. The number of piperazine rings is 1. The van der Waals surface area contributed by atoms with Crippen LogP contribution in [-0.4, -0.2) is 36.7 Å². The van der Waals surface area contributed by atoms with E-state index in [1.54, 1.807) is 11.1 Å². The molecule has 2 aliphatic carbocycles. The first-order chi connectivity index (χ1) is 10.9. The van der Waals surface area contributed by atoms with E-state index in [0.29, 0.717) is 6.17 Å². The Bertz CT molecular complexity index is 507. The van der Waals surface area contributed by atoms with Gasteiger partial charge in [-0.25, -0.2) is 0 Å². The van der Waals surface area contributed by atoms with E-state index in [2.05, 4.69) is 33.7 Å². The molecule has 1 unspecified atom stereocenters. The molecule has 0 spiro atoms. The predicted molar refractivity (Wildman–Crippen MR) is 92.3 cm³/mol. The molecule has 2 N–H and O–H groups in total. The van der Waals surface area contributed by atoms with Crippen LogP contribution in [0.1, 0.15) is 49.7 Å². The summed E-state index contributed by atoms with van der Waals surface area (Å²) in [5, 5.41) is 7.47. The van der Waals surface area contributed by atoms with Gasteiger partial charge in [0, 0.05) is 31.4 Å². The zero-order chi connectivity index (χ0) is 14.8. The molecule has 1 aromatic carbocycles. The van der Waals surface area contributed by atoms with Crippen LogP contribution in [0.3, 0.4) is 0 Å². The molecule has 1 heterocycles. The van der Waals surface area contributed by atoms with Crippen LogP contribution in [0.15, 0.2) is 18.2 Å². The number of benzene rings is 1. The number of anilines is 1. The van der Waals surface area contributed by atoms with Gasteiger partial charge in [0.25, 0.3) is 0 Å². The number of nitrogens with zero attached hydrogens (tertiary/aromatic N) is 1. The van der Waals surface area contributed by atoms with Crippen molar-refractivity contribution in [3.8, 4) is 0 Å². The topological polar surface area (TPSA) is 27.3 Å². The highest BCUT2D eigenvalue weighted by Crippen LogP contribution is 2.29. The maximum absolute atomic E-state index is 3.80. The minimum Gasteiger partial charge on any atom is -0.368 e. The summed E-state index contributed by atoms with van der Waals surface area (Å²) in [6.45, 7) is 3.48. The monoisotopic (exact) mass is 299 g/mol. The van der Waals surface area contributed by atoms with Crippen molar-refractivity contribution in [2.45, 2.75) is 63.6 Å². The Morgan fingerprint density at radius 3 is 2.86 bits per heavy atom. The molecule has 0 bridgehead atoms. The fraction of sp³-hybridized carbons (Fsp3) is 0.684. The fourth-order valence-electron chi connectivity index (χ4n) is 4.59. The second-order valence-corrected chi connectivity index (χ2v) is 7.23. The number of fused-ring (bicyclic) bond motifs is 1. The minimum atomic E-state index is 0.405. The molecule has 3 heteroatoms. The summed E-state index contributed by atoms with van der Waals surface area (Å²) in [5.74, 6) is 0. The summed E-state index contributed by atoms with van der Waals surface area (Å²) >= 11 is 0. The minimum absolute atomic E-state index is 0.405. The van der Waals surface area contributed by atoms with E-state index in [0.717, 1.165) is 19.1 Å². The Morgan fingerprint density at radius 1 is 1.05 bits per heavy atom. The van der Waals surface area contributed by atoms with Crippen molar-refractivity contribution in [2.75, 3.05) is 25.0 Å². The van der Waals surface area contributed by atoms with Crippen LogP contribution in [0.4, 0.5) is 5.69 Å². The van der Waals surface area contributed by atoms with Gasteiger partial charge in [0.1, 0.15) is 0 Å². The molecular weight excluding hydrogens is 270 g/mol. The third-order valence-electron chi connectivity index (χ3n) is 5.77. The van der Waals surface area contributed by atoms with Gasteiger partial charge in [-0.3, -0.25) is 10.2 Å². The number of hydrogen-bond acceptors (Lipinski definition) is 3. The van der Waals surface area contributed by atoms with Gasteiger partial charge in [-0.05, 0) is 49.3 Å². The molecule has 3 nitrogen and oxygen atoms in total. The summed E-state index contributed by atoms with van der Waals surface area (Å²) in [7, 11) is 0. The molecule has 4 rings (SSSR count). The van der Waals surface area contributed by atoms with Gasteiger partial charge >= 0.3 is 0 Å². The normalized spacial score (nSPS) is 26.8. The van der Waals surface area contributed by atoms with Gasteiger partial charge in [-0.1, -0.05) is 31.4 Å². The average molecular weight is 299 g/mol. The van der Waals surface area contributed by atoms with Crippen LogP contribution >= 0.6 is 0 Å². The third kappa shape index (κ3) is 3.02. The van der Waals surface area contributed by atoms with Gasteiger partial charge in [0.2, 0.25) is 0 Å². The number of hydrogen-bond donors (Lipinski definition) is 2. The average Bonchev–Trinajstić information content (AvgIpc) is 3.06. The lowest BCUT2D eigenvalue weighted by Crippen LogP contribution is -2.57. The third-order valence-corrected chi connectivity index (χ3v) is 5.77. The molecule has 1 aromatic rings. The number of nitrogens with one attached hydrogen (secondary N) is 2. The molecule has 1 aliphatic heterocycles. The molecular formula is C19H29N3. The maximum Gasteiger partial charge on any atom is 0.0899 e. The second-order valence-electron chi connectivity index (χ2n) is 7.23. The Hall–Kier alpha value is -1.06. The van der Waals surface area contributed by atoms with E-state index in [4.69, 9.17) is 0 Å². The Morgan fingerprint density at radius 2 is 1.95 bits per heavy atom. The smallest absolute Gasteiger partial charge is 0.0899 e. The first-order valence-corrected chi connectivity index (χ1v) is 9.25. The van der Waals surface area contributed by atoms with Gasteiger partial charge in [-0.2, -0.15) is 0 Å². The van der Waals surface area contributed by atoms with Gasteiger partial charge in [-0.15, -0.1) is 0 Å². The molecule has 0 aromatic heterocycles. The van der Waals surface area contributed by atoms with E-state index >= 15 is 0 Å². The van der Waals surface area contributed by atoms with Gasteiger partial charge in [0.15, 0.2) is 0 Å². The largest absolute Gasteiger partial charge is 0.368 e. The predicted octanol–water partition coefficient (Wildman–Crippen LogP) is 3.15. The van der Waals surface area contributed by atoms with E-state index in [-0.39, 0.29) is 0 Å². The summed E-state index contributed by atoms with van der Waals surface area (Å²) < 4.78 is 0. The molecule has 1 saturated carbocycles. The molecule has 1 atom stereocenters. The van der Waals surface area contributed by atoms with Gasteiger partial charge in [0.05, 0.1) is 6.17 Å². The van der Waals surface area contributed by atoms with Crippen LogP contribution in [0.5, 0.6) is 0 Å². The highest BCUT2D eigenvalue weighted by Gasteiger charge is 2.27. The Kier molecular flexibility index (Phi) is 4.35. The van der Waals surface area contributed by atoms with Crippen LogP contribution in [0.2, 0.25) is 0 Å². The van der Waals surface area contributed by atoms with Crippen LogP contribution in [-0.2, 0) is 12.8 Å². The zero-order valence-electron chi connectivity index (χ0n) is 13.6. The van der Waals surface area contributed by atoms with E-state index < -0.39 is 0 Å². The van der Waals surface area contributed by atoms with E-state index in [9.17, 15) is 0 Å². The molecule has 2 fully saturated rings. The van der Waals surface area contributed by atoms with Crippen LogP contribution in [0, 0.1) is 0 Å². The molecule has 120 valence electrons. The summed E-state index contributed by atoms with van der Waals surface area (Å²) in [5.41, 5.74) is 4.50. The lowest BCUT2D eigenvalue weighted by molar-refractivity contribution is 0.121. The number of rotatable bonds is 3. The maximum atomic E-state index is 3.80. The van der Waals surface area contributed by atoms with Crippen molar-refractivity contribution < 1.29 is 0 Å². The Balaban J connectivity index is 1.41. The highest BCUT2D eigenvalue weighted by molar-refractivity contribution is 5.57. The van der Waals surface area contributed by atoms with E-state index in [1.807, 2.05) is 0 Å². The van der Waals surface area contributed by atoms with E-state index in [1.165, 1.54) is 63.6 Å². The van der Waals surface area contributed by atoms with Crippen LogP contribution < -0.4 is 10.6 Å². The Labute approximate surface area is 134 Å². The lowest BCUT2D eigenvalue weighted by Gasteiger charge is -2.41. The summed E-state index contributed by atoms with van der Waals surface area (Å²) in [4.78, 5) is 2.73. The lowest BCUT2D eigenvalue weighted by atomic mass is 9.93. The van der Waals surface area contributed by atoms with Crippen molar-refractivity contribution in [2.24, 2.45) is 0 Å². The molecule has 0 amide bonds. The molecule has 0 radical (unpaired) electrons. The molecule has 22 heavy (non-hydrogen) atoms. The SMILES string of the molecule is c1cc2c(c(NC3CN(C4CCCCC4)CCN3)c1)CCC2.